The molecule has 0 saturated heterocycles. The predicted molar refractivity (Wildman–Crippen MR) is 144 cm³/mol. The second-order valence-electron chi connectivity index (χ2n) is 8.24. The van der Waals surface area contributed by atoms with E-state index in [9.17, 15) is 0 Å². The van der Waals surface area contributed by atoms with Crippen molar-refractivity contribution >= 4 is 28.1 Å². The first-order valence-corrected chi connectivity index (χ1v) is 11.9. The zero-order valence-corrected chi connectivity index (χ0v) is 21.4. The Morgan fingerprint density at radius 3 is 2.47 bits per heavy atom. The SMILES string of the molecule is COCCOc1cc2ncnc(Nc3cccc(/C(N)=C/N(N)Cc4c[nH]cn4)c3)c2cc1OCCOC. The predicted octanol–water partition coefficient (Wildman–Crippen LogP) is 2.78. The summed E-state index contributed by atoms with van der Waals surface area (Å²) in [4.78, 5) is 16.0. The van der Waals surface area contributed by atoms with Crippen LogP contribution in [0.3, 0.4) is 0 Å². The van der Waals surface area contributed by atoms with E-state index < -0.39 is 0 Å². The number of nitrogens with two attached hydrogens (primary N) is 2. The van der Waals surface area contributed by atoms with Crippen LogP contribution in [-0.2, 0) is 16.0 Å². The van der Waals surface area contributed by atoms with Gasteiger partial charge in [-0.3, -0.25) is 0 Å². The molecule has 2 aromatic heterocycles. The molecule has 0 fully saturated rings. The van der Waals surface area contributed by atoms with Gasteiger partial charge in [0.05, 0.1) is 43.0 Å². The molecule has 4 aromatic rings. The molecule has 0 radical (unpaired) electrons. The number of nitrogens with zero attached hydrogens (tertiary/aromatic N) is 4. The fraction of sp³-hybridized carbons (Fsp3) is 0.269. The highest BCUT2D eigenvalue weighted by molar-refractivity contribution is 5.93. The summed E-state index contributed by atoms with van der Waals surface area (Å²) in [5, 5.41) is 5.62. The Kier molecular flexibility index (Phi) is 9.29. The second kappa shape index (κ2) is 13.2. The third-order valence-electron chi connectivity index (χ3n) is 5.45. The van der Waals surface area contributed by atoms with Gasteiger partial charge in [0.2, 0.25) is 0 Å². The van der Waals surface area contributed by atoms with Gasteiger partial charge in [0.1, 0.15) is 25.4 Å². The van der Waals surface area contributed by atoms with Gasteiger partial charge >= 0.3 is 0 Å². The Labute approximate surface area is 220 Å². The van der Waals surface area contributed by atoms with Crippen LogP contribution in [-0.4, -0.2) is 65.6 Å². The van der Waals surface area contributed by atoms with E-state index in [1.165, 1.54) is 11.3 Å². The fourth-order valence-electron chi connectivity index (χ4n) is 3.64. The molecule has 0 atom stereocenters. The zero-order valence-electron chi connectivity index (χ0n) is 21.4. The van der Waals surface area contributed by atoms with Crippen molar-refractivity contribution in [2.75, 3.05) is 46.0 Å². The third-order valence-corrected chi connectivity index (χ3v) is 5.45. The Bertz CT molecular complexity index is 1350. The highest BCUT2D eigenvalue weighted by atomic mass is 16.5. The number of ether oxygens (including phenoxy) is 4. The minimum Gasteiger partial charge on any atom is -0.487 e. The molecule has 2 aromatic carbocycles. The van der Waals surface area contributed by atoms with Crippen LogP contribution < -0.4 is 26.4 Å². The number of H-pyrrole nitrogens is 1. The number of nitrogens with one attached hydrogen (secondary N) is 2. The first-order chi connectivity index (χ1) is 18.6. The fourth-order valence-corrected chi connectivity index (χ4v) is 3.64. The Balaban J connectivity index is 1.57. The molecule has 0 spiro atoms. The average Bonchev–Trinajstić information content (AvgIpc) is 3.42. The summed E-state index contributed by atoms with van der Waals surface area (Å²) in [7, 11) is 3.24. The van der Waals surface area contributed by atoms with Crippen LogP contribution in [0.2, 0.25) is 0 Å². The lowest BCUT2D eigenvalue weighted by molar-refractivity contribution is 0.132. The molecule has 0 amide bonds. The van der Waals surface area contributed by atoms with E-state index in [2.05, 4.69) is 25.3 Å². The monoisotopic (exact) mass is 520 g/mol. The maximum Gasteiger partial charge on any atom is 0.163 e. The number of hydrogen-bond acceptors (Lipinski definition) is 11. The van der Waals surface area contributed by atoms with Crippen LogP contribution >= 0.6 is 0 Å². The van der Waals surface area contributed by atoms with Crippen molar-refractivity contribution in [3.63, 3.8) is 0 Å². The van der Waals surface area contributed by atoms with E-state index in [-0.39, 0.29) is 0 Å². The van der Waals surface area contributed by atoms with Crippen molar-refractivity contribution in [2.24, 2.45) is 11.6 Å². The summed E-state index contributed by atoms with van der Waals surface area (Å²) < 4.78 is 22.0. The van der Waals surface area contributed by atoms with E-state index in [1.54, 1.807) is 32.9 Å². The van der Waals surface area contributed by atoms with Crippen molar-refractivity contribution in [2.45, 2.75) is 6.54 Å². The largest absolute Gasteiger partial charge is 0.487 e. The molecule has 0 aliphatic carbocycles. The first-order valence-electron chi connectivity index (χ1n) is 11.9. The van der Waals surface area contributed by atoms with Gasteiger partial charge in [-0.25, -0.2) is 20.8 Å². The molecule has 0 bridgehead atoms. The van der Waals surface area contributed by atoms with Crippen LogP contribution in [0.1, 0.15) is 11.3 Å². The zero-order chi connectivity index (χ0) is 26.7. The molecule has 200 valence electrons. The maximum absolute atomic E-state index is 6.33. The van der Waals surface area contributed by atoms with Crippen molar-refractivity contribution in [1.82, 2.24) is 24.9 Å². The first kappa shape index (κ1) is 26.7. The smallest absolute Gasteiger partial charge is 0.163 e. The summed E-state index contributed by atoms with van der Waals surface area (Å²) in [6, 6.07) is 11.3. The molecule has 4 rings (SSSR count). The van der Waals surface area contributed by atoms with Gasteiger partial charge in [-0.15, -0.1) is 0 Å². The topological polar surface area (TPSA) is 159 Å². The van der Waals surface area contributed by atoms with E-state index in [4.69, 9.17) is 30.5 Å². The molecule has 0 aliphatic rings. The number of rotatable bonds is 14. The lowest BCUT2D eigenvalue weighted by Gasteiger charge is -2.16. The van der Waals surface area contributed by atoms with Gasteiger partial charge in [-0.1, -0.05) is 12.1 Å². The lowest BCUT2D eigenvalue weighted by atomic mass is 10.1. The van der Waals surface area contributed by atoms with Gasteiger partial charge in [0.25, 0.3) is 0 Å². The molecule has 6 N–H and O–H groups in total. The molecule has 0 aliphatic heterocycles. The van der Waals surface area contributed by atoms with Gasteiger partial charge < -0.3 is 40.0 Å². The number of hydrazine groups is 1. The Morgan fingerprint density at radius 2 is 1.76 bits per heavy atom. The lowest BCUT2D eigenvalue weighted by Crippen LogP contribution is -2.25. The molecular weight excluding hydrogens is 488 g/mol. The quantitative estimate of drug-likeness (QED) is 0.110. The number of hydrogen-bond donors (Lipinski definition) is 4. The number of aromatic nitrogens is 4. The number of imidazole rings is 1. The van der Waals surface area contributed by atoms with Gasteiger partial charge in [0.15, 0.2) is 11.5 Å². The van der Waals surface area contributed by atoms with Crippen LogP contribution in [0.5, 0.6) is 11.5 Å². The number of anilines is 2. The summed E-state index contributed by atoms with van der Waals surface area (Å²) >= 11 is 0. The highest BCUT2D eigenvalue weighted by Crippen LogP contribution is 2.35. The minimum absolute atomic E-state index is 0.366. The standard InChI is InChI=1S/C26H32N8O4/c1-35-6-8-37-24-11-21-23(12-25(24)38-9-7-36-2)31-17-32-26(21)33-19-5-3-4-18(10-19)22(27)15-34(28)14-20-13-29-16-30-20/h3-5,10-13,15-17H,6-9,14,27-28H2,1-2H3,(H,29,30)(H,31,32,33)/b22-15-. The Morgan fingerprint density at radius 1 is 1.00 bits per heavy atom. The maximum atomic E-state index is 6.33. The second-order valence-corrected chi connectivity index (χ2v) is 8.24. The summed E-state index contributed by atoms with van der Waals surface area (Å²) in [6.45, 7) is 2.05. The van der Waals surface area contributed by atoms with E-state index >= 15 is 0 Å². The molecule has 12 heteroatoms. The van der Waals surface area contributed by atoms with E-state index in [0.29, 0.717) is 61.5 Å². The van der Waals surface area contributed by atoms with E-state index in [1.807, 2.05) is 36.4 Å². The number of benzene rings is 2. The third kappa shape index (κ3) is 7.09. The highest BCUT2D eigenvalue weighted by Gasteiger charge is 2.13. The molecule has 0 unspecified atom stereocenters. The summed E-state index contributed by atoms with van der Waals surface area (Å²) in [5.41, 5.74) is 9.92. The molecule has 0 saturated carbocycles. The summed E-state index contributed by atoms with van der Waals surface area (Å²) in [5.74, 6) is 7.82. The van der Waals surface area contributed by atoms with Crippen LogP contribution in [0.25, 0.3) is 16.6 Å². The summed E-state index contributed by atoms with van der Waals surface area (Å²) in [6.07, 6.45) is 6.55. The normalized spacial score (nSPS) is 11.5. The molecular formula is C26H32N8O4. The van der Waals surface area contributed by atoms with Gasteiger partial charge in [-0.2, -0.15) is 0 Å². The molecule has 38 heavy (non-hydrogen) atoms. The molecule has 2 heterocycles. The van der Waals surface area contributed by atoms with Crippen LogP contribution in [0.15, 0.2) is 61.4 Å². The number of methoxy groups -OCH3 is 2. The van der Waals surface area contributed by atoms with Crippen molar-refractivity contribution in [1.29, 1.82) is 0 Å². The van der Waals surface area contributed by atoms with Crippen molar-refractivity contribution in [3.8, 4) is 11.5 Å². The Hall–Kier alpha value is -4.39. The van der Waals surface area contributed by atoms with Crippen molar-refractivity contribution < 1.29 is 18.9 Å². The minimum atomic E-state index is 0.366. The van der Waals surface area contributed by atoms with Gasteiger partial charge in [-0.05, 0) is 18.2 Å². The van der Waals surface area contributed by atoms with E-state index in [0.717, 1.165) is 22.3 Å². The average molecular weight is 521 g/mol. The number of aromatic amines is 1. The number of fused-ring (bicyclic) bond motifs is 1. The van der Waals surface area contributed by atoms with Gasteiger partial charge in [0, 0.05) is 49.3 Å². The van der Waals surface area contributed by atoms with Crippen LogP contribution in [0.4, 0.5) is 11.5 Å². The van der Waals surface area contributed by atoms with Crippen LogP contribution in [0, 0.1) is 0 Å². The molecule has 12 nitrogen and oxygen atoms in total. The van der Waals surface area contributed by atoms with Crippen molar-refractivity contribution in [3.05, 3.63) is 72.7 Å².